The summed E-state index contributed by atoms with van der Waals surface area (Å²) in [7, 11) is 0. The van der Waals surface area contributed by atoms with Gasteiger partial charge in [0.05, 0.1) is 0 Å². The van der Waals surface area contributed by atoms with E-state index in [4.69, 9.17) is 4.74 Å². The standard InChI is InChI=1S/C18H28O2/c1-7-15(10-11-17(19)20-18(4,5)6)16-9-8-13(2)14(3)12-16/h8-9,12,15H,7,10-11H2,1-6H3/t15-/m0/s1. The number of hydrogen-bond donors (Lipinski definition) is 0. The summed E-state index contributed by atoms with van der Waals surface area (Å²) in [6.45, 7) is 12.2. The van der Waals surface area contributed by atoms with Gasteiger partial charge in [-0.25, -0.2) is 0 Å². The van der Waals surface area contributed by atoms with Crippen LogP contribution in [-0.4, -0.2) is 11.6 Å². The third-order valence-corrected chi connectivity index (χ3v) is 3.61. The number of ether oxygens (including phenoxy) is 1. The molecule has 0 bridgehead atoms. The average molecular weight is 276 g/mol. The highest BCUT2D eigenvalue weighted by molar-refractivity contribution is 5.69. The monoisotopic (exact) mass is 276 g/mol. The van der Waals surface area contributed by atoms with Gasteiger partial charge >= 0.3 is 5.97 Å². The first-order valence-corrected chi connectivity index (χ1v) is 7.52. The number of rotatable bonds is 5. The van der Waals surface area contributed by atoms with E-state index in [-0.39, 0.29) is 11.6 Å². The third kappa shape index (κ3) is 5.36. The van der Waals surface area contributed by atoms with E-state index in [1.54, 1.807) is 0 Å². The predicted molar refractivity (Wildman–Crippen MR) is 84.0 cm³/mol. The lowest BCUT2D eigenvalue weighted by molar-refractivity contribution is -0.155. The summed E-state index contributed by atoms with van der Waals surface area (Å²) in [4.78, 5) is 11.8. The van der Waals surface area contributed by atoms with Crippen molar-refractivity contribution in [3.8, 4) is 0 Å². The fourth-order valence-electron chi connectivity index (χ4n) is 2.31. The van der Waals surface area contributed by atoms with Crippen molar-refractivity contribution in [2.75, 3.05) is 0 Å². The molecule has 112 valence electrons. The Labute approximate surface area is 123 Å². The van der Waals surface area contributed by atoms with Gasteiger partial charge < -0.3 is 4.74 Å². The molecule has 20 heavy (non-hydrogen) atoms. The fraction of sp³-hybridized carbons (Fsp3) is 0.611. The lowest BCUT2D eigenvalue weighted by Gasteiger charge is -2.21. The molecule has 1 aromatic carbocycles. The van der Waals surface area contributed by atoms with Crippen LogP contribution in [0, 0.1) is 13.8 Å². The van der Waals surface area contributed by atoms with Gasteiger partial charge in [0.15, 0.2) is 0 Å². The first kappa shape index (κ1) is 16.7. The van der Waals surface area contributed by atoms with Crippen molar-refractivity contribution in [2.45, 2.75) is 72.3 Å². The highest BCUT2D eigenvalue weighted by atomic mass is 16.6. The summed E-state index contributed by atoms with van der Waals surface area (Å²) >= 11 is 0. The summed E-state index contributed by atoms with van der Waals surface area (Å²) < 4.78 is 5.37. The summed E-state index contributed by atoms with van der Waals surface area (Å²) in [5.74, 6) is 0.335. The summed E-state index contributed by atoms with van der Waals surface area (Å²) in [5, 5.41) is 0. The van der Waals surface area contributed by atoms with Crippen LogP contribution in [0.3, 0.4) is 0 Å². The van der Waals surface area contributed by atoms with E-state index in [1.165, 1.54) is 16.7 Å². The SMILES string of the molecule is CC[C@@H](CCC(=O)OC(C)(C)C)c1ccc(C)c(C)c1. The minimum absolute atomic E-state index is 0.0974. The molecular weight excluding hydrogens is 248 g/mol. The molecule has 0 aromatic heterocycles. The van der Waals surface area contributed by atoms with Gasteiger partial charge in [-0.05, 0) is 70.1 Å². The quantitative estimate of drug-likeness (QED) is 0.714. The molecule has 0 heterocycles. The fourth-order valence-corrected chi connectivity index (χ4v) is 2.31. The Balaban J connectivity index is 2.63. The van der Waals surface area contributed by atoms with Crippen molar-refractivity contribution >= 4 is 5.97 Å². The first-order valence-electron chi connectivity index (χ1n) is 7.52. The molecule has 0 aliphatic heterocycles. The molecule has 0 saturated carbocycles. The van der Waals surface area contributed by atoms with Crippen molar-refractivity contribution in [1.29, 1.82) is 0 Å². The average Bonchev–Trinajstić information content (AvgIpc) is 2.32. The number of carbonyl (C=O) groups is 1. The van der Waals surface area contributed by atoms with Crippen molar-refractivity contribution in [3.63, 3.8) is 0 Å². The lowest BCUT2D eigenvalue weighted by atomic mass is 9.90. The van der Waals surface area contributed by atoms with Crippen molar-refractivity contribution in [2.24, 2.45) is 0 Å². The Hall–Kier alpha value is -1.31. The van der Waals surface area contributed by atoms with Crippen LogP contribution >= 0.6 is 0 Å². The zero-order valence-corrected chi connectivity index (χ0v) is 13.7. The van der Waals surface area contributed by atoms with Crippen LogP contribution in [-0.2, 0) is 9.53 Å². The normalized spacial score (nSPS) is 13.1. The van der Waals surface area contributed by atoms with Crippen LogP contribution < -0.4 is 0 Å². The zero-order chi connectivity index (χ0) is 15.3. The molecule has 0 aliphatic rings. The Morgan fingerprint density at radius 1 is 1.20 bits per heavy atom. The molecule has 1 aromatic rings. The van der Waals surface area contributed by atoms with E-state index in [2.05, 4.69) is 39.0 Å². The van der Waals surface area contributed by atoms with Gasteiger partial charge in [0.1, 0.15) is 5.60 Å². The summed E-state index contributed by atoms with van der Waals surface area (Å²) in [6, 6.07) is 6.60. The Morgan fingerprint density at radius 2 is 1.85 bits per heavy atom. The van der Waals surface area contributed by atoms with E-state index in [1.807, 2.05) is 20.8 Å². The lowest BCUT2D eigenvalue weighted by Crippen LogP contribution is -2.24. The molecule has 0 amide bonds. The Kier molecular flexibility index (Phi) is 5.79. The van der Waals surface area contributed by atoms with E-state index in [0.717, 1.165) is 12.8 Å². The van der Waals surface area contributed by atoms with E-state index in [0.29, 0.717) is 12.3 Å². The van der Waals surface area contributed by atoms with Crippen LogP contribution in [0.1, 0.15) is 69.6 Å². The first-order chi connectivity index (χ1) is 9.23. The Bertz CT molecular complexity index is 455. The third-order valence-electron chi connectivity index (χ3n) is 3.61. The molecule has 0 saturated heterocycles. The molecule has 0 fully saturated rings. The van der Waals surface area contributed by atoms with Crippen molar-refractivity contribution < 1.29 is 9.53 Å². The highest BCUT2D eigenvalue weighted by Crippen LogP contribution is 2.27. The van der Waals surface area contributed by atoms with E-state index < -0.39 is 0 Å². The largest absolute Gasteiger partial charge is 0.460 e. The van der Waals surface area contributed by atoms with E-state index in [9.17, 15) is 4.79 Å². The second-order valence-corrected chi connectivity index (χ2v) is 6.57. The smallest absolute Gasteiger partial charge is 0.306 e. The Morgan fingerprint density at radius 3 is 2.35 bits per heavy atom. The second kappa shape index (κ2) is 6.92. The van der Waals surface area contributed by atoms with Crippen LogP contribution in [0.2, 0.25) is 0 Å². The molecule has 1 rings (SSSR count). The maximum Gasteiger partial charge on any atom is 0.306 e. The molecule has 0 unspecified atom stereocenters. The topological polar surface area (TPSA) is 26.3 Å². The van der Waals surface area contributed by atoms with Gasteiger partial charge in [0.2, 0.25) is 0 Å². The van der Waals surface area contributed by atoms with Gasteiger partial charge in [-0.2, -0.15) is 0 Å². The molecule has 0 radical (unpaired) electrons. The molecule has 2 nitrogen and oxygen atoms in total. The number of benzene rings is 1. The summed E-state index contributed by atoms with van der Waals surface area (Å²) in [6.07, 6.45) is 2.39. The number of hydrogen-bond acceptors (Lipinski definition) is 2. The number of esters is 1. The molecular formula is C18H28O2. The van der Waals surface area contributed by atoms with Gasteiger partial charge in [-0.1, -0.05) is 25.1 Å². The van der Waals surface area contributed by atoms with Crippen LogP contribution in [0.25, 0.3) is 0 Å². The molecule has 0 spiro atoms. The molecule has 0 N–H and O–H groups in total. The predicted octanol–water partition coefficient (Wildman–Crippen LogP) is 4.92. The van der Waals surface area contributed by atoms with Gasteiger partial charge in [-0.15, -0.1) is 0 Å². The van der Waals surface area contributed by atoms with Crippen LogP contribution in [0.4, 0.5) is 0 Å². The zero-order valence-electron chi connectivity index (χ0n) is 13.7. The van der Waals surface area contributed by atoms with E-state index >= 15 is 0 Å². The van der Waals surface area contributed by atoms with Crippen molar-refractivity contribution in [3.05, 3.63) is 34.9 Å². The van der Waals surface area contributed by atoms with Gasteiger partial charge in [0.25, 0.3) is 0 Å². The minimum Gasteiger partial charge on any atom is -0.460 e. The molecule has 1 atom stereocenters. The molecule has 2 heteroatoms. The van der Waals surface area contributed by atoms with Crippen LogP contribution in [0.5, 0.6) is 0 Å². The maximum atomic E-state index is 11.8. The summed E-state index contributed by atoms with van der Waals surface area (Å²) in [5.41, 5.74) is 3.58. The second-order valence-electron chi connectivity index (χ2n) is 6.57. The van der Waals surface area contributed by atoms with Gasteiger partial charge in [0, 0.05) is 6.42 Å². The van der Waals surface area contributed by atoms with Crippen LogP contribution in [0.15, 0.2) is 18.2 Å². The van der Waals surface area contributed by atoms with Gasteiger partial charge in [-0.3, -0.25) is 4.79 Å². The maximum absolute atomic E-state index is 11.8. The number of aryl methyl sites for hydroxylation is 2. The minimum atomic E-state index is -0.390. The molecule has 0 aliphatic carbocycles. The van der Waals surface area contributed by atoms with Crippen molar-refractivity contribution in [1.82, 2.24) is 0 Å². The highest BCUT2D eigenvalue weighted by Gasteiger charge is 2.18. The number of carbonyl (C=O) groups excluding carboxylic acids is 1.